The van der Waals surface area contributed by atoms with Gasteiger partial charge in [-0.2, -0.15) is 4.89 Å². The van der Waals surface area contributed by atoms with E-state index in [1.54, 1.807) is 0 Å². The predicted octanol–water partition coefficient (Wildman–Crippen LogP) is -3.37. The lowest BCUT2D eigenvalue weighted by molar-refractivity contribution is -0.421. The molecule has 0 aliphatic carbocycles. The third kappa shape index (κ3) is 3.70. The number of rotatable bonds is 6. The molecule has 0 bridgehead atoms. The Morgan fingerprint density at radius 2 is 2.05 bits per heavy atom. The topological polar surface area (TPSA) is 186 Å². The summed E-state index contributed by atoms with van der Waals surface area (Å²) in [5.74, 6) is -5.09. The Balaban J connectivity index is 3.14. The molecule has 1 rings (SSSR count). The van der Waals surface area contributed by atoms with Crippen LogP contribution >= 0.6 is 0 Å². The Hall–Kier alpha value is -1.34. The van der Waals surface area contributed by atoms with E-state index >= 15 is 0 Å². The molecule has 0 aromatic rings. The molecule has 11 nitrogen and oxygen atoms in total. The molecule has 1 saturated heterocycles. The average molecular weight is 325 g/mol. The number of aliphatic hydroxyl groups excluding tert-OH is 4. The number of aliphatic carboxylic acids is 1. The molecule has 0 aromatic heterocycles. The summed E-state index contributed by atoms with van der Waals surface area (Å²) in [6.45, 7) is 0.226. The van der Waals surface area contributed by atoms with Gasteiger partial charge in [-0.05, 0) is 0 Å². The lowest BCUT2D eigenvalue weighted by Gasteiger charge is -2.45. The fourth-order valence-electron chi connectivity index (χ4n) is 2.22. The molecule has 1 aliphatic rings. The molecule has 1 heterocycles. The highest BCUT2D eigenvalue weighted by Gasteiger charge is 2.56. The zero-order valence-electron chi connectivity index (χ0n) is 11.6. The molecule has 0 saturated carbocycles. The first-order valence-electron chi connectivity index (χ1n) is 6.34. The van der Waals surface area contributed by atoms with Crippen molar-refractivity contribution in [2.75, 3.05) is 6.61 Å². The Kier molecular flexibility index (Phi) is 6.19. The smallest absolute Gasteiger partial charge is 0.367 e. The summed E-state index contributed by atoms with van der Waals surface area (Å²) in [5, 5.41) is 58.4. The SMILES string of the molecule is CC(=O)N[C@@H]1[C@@H](O)CC(OO)(C(=O)O)O[C@H]1C(O)C(O)CO. The molecule has 128 valence electrons. The Morgan fingerprint density at radius 1 is 1.45 bits per heavy atom. The van der Waals surface area contributed by atoms with Gasteiger partial charge in [0.15, 0.2) is 0 Å². The summed E-state index contributed by atoms with van der Waals surface area (Å²) in [5.41, 5.74) is 0. The molecule has 1 aliphatic heterocycles. The summed E-state index contributed by atoms with van der Waals surface area (Å²) < 4.78 is 4.99. The van der Waals surface area contributed by atoms with E-state index in [9.17, 15) is 24.9 Å². The number of ether oxygens (including phenoxy) is 1. The molecule has 11 heteroatoms. The number of hydrogen-bond donors (Lipinski definition) is 7. The van der Waals surface area contributed by atoms with Crippen LogP contribution in [-0.4, -0.2) is 85.5 Å². The van der Waals surface area contributed by atoms with Crippen molar-refractivity contribution < 1.29 is 50.0 Å². The molecule has 0 spiro atoms. The zero-order valence-corrected chi connectivity index (χ0v) is 11.6. The van der Waals surface area contributed by atoms with Crippen LogP contribution in [0.5, 0.6) is 0 Å². The van der Waals surface area contributed by atoms with Gasteiger partial charge in [0.1, 0.15) is 18.3 Å². The van der Waals surface area contributed by atoms with Crippen molar-refractivity contribution in [2.24, 2.45) is 0 Å². The highest BCUT2D eigenvalue weighted by Crippen LogP contribution is 2.32. The number of aliphatic hydroxyl groups is 4. The van der Waals surface area contributed by atoms with Crippen molar-refractivity contribution in [3.05, 3.63) is 0 Å². The number of amides is 1. The maximum absolute atomic E-state index is 11.2. The first-order chi connectivity index (χ1) is 10.2. The number of nitrogens with one attached hydrogen (secondary N) is 1. The minimum Gasteiger partial charge on any atom is -0.477 e. The monoisotopic (exact) mass is 325 g/mol. The Labute approximate surface area is 124 Å². The minimum absolute atomic E-state index is 0.615. The molecule has 1 amide bonds. The standard InChI is InChI=1S/C11H19NO10/c1-4(14)12-7-5(15)2-11(22-20,10(18)19)21-9(7)8(17)6(16)3-13/h5-9,13,15-17,20H,2-3H2,1H3,(H,12,14)(H,18,19)/t5-,6?,7+,8?,9+,11?/m0/s1. The van der Waals surface area contributed by atoms with Crippen LogP contribution in [0.1, 0.15) is 13.3 Å². The fraction of sp³-hybridized carbons (Fsp3) is 0.818. The summed E-state index contributed by atoms with van der Waals surface area (Å²) in [6.07, 6.45) is -7.60. The van der Waals surface area contributed by atoms with Crippen LogP contribution in [0.3, 0.4) is 0 Å². The zero-order chi connectivity index (χ0) is 17.1. The normalized spacial score (nSPS) is 34.7. The van der Waals surface area contributed by atoms with Gasteiger partial charge >= 0.3 is 11.8 Å². The van der Waals surface area contributed by atoms with E-state index in [-0.39, 0.29) is 0 Å². The van der Waals surface area contributed by atoms with Crippen LogP contribution in [0.25, 0.3) is 0 Å². The van der Waals surface area contributed by atoms with Crippen molar-refractivity contribution in [3.8, 4) is 0 Å². The van der Waals surface area contributed by atoms with Crippen LogP contribution in [0.4, 0.5) is 0 Å². The van der Waals surface area contributed by atoms with Gasteiger partial charge in [0, 0.05) is 13.3 Å². The Morgan fingerprint density at radius 3 is 2.45 bits per heavy atom. The minimum atomic E-state index is -2.69. The maximum atomic E-state index is 11.2. The third-order valence-corrected chi connectivity index (χ3v) is 3.33. The number of carbonyl (C=O) groups is 2. The summed E-state index contributed by atoms with van der Waals surface area (Å²) >= 11 is 0. The van der Waals surface area contributed by atoms with Crippen LogP contribution in [0.2, 0.25) is 0 Å². The quantitative estimate of drug-likeness (QED) is 0.192. The summed E-state index contributed by atoms with van der Waals surface area (Å²) in [6, 6.07) is -1.30. The third-order valence-electron chi connectivity index (χ3n) is 3.33. The van der Waals surface area contributed by atoms with E-state index in [2.05, 4.69) is 10.2 Å². The van der Waals surface area contributed by atoms with E-state index in [1.807, 2.05) is 0 Å². The fourth-order valence-corrected chi connectivity index (χ4v) is 2.22. The van der Waals surface area contributed by atoms with Gasteiger partial charge in [-0.1, -0.05) is 0 Å². The number of hydrogen-bond acceptors (Lipinski definition) is 9. The van der Waals surface area contributed by atoms with E-state index < -0.39 is 61.1 Å². The van der Waals surface area contributed by atoms with Gasteiger partial charge < -0.3 is 35.6 Å². The molecule has 0 aromatic carbocycles. The average Bonchev–Trinajstić information content (AvgIpc) is 2.46. The Bertz CT molecular complexity index is 418. The molecule has 22 heavy (non-hydrogen) atoms. The molecular formula is C11H19NO10. The van der Waals surface area contributed by atoms with Crippen LogP contribution in [-0.2, 0) is 19.2 Å². The van der Waals surface area contributed by atoms with E-state index in [0.717, 1.165) is 6.92 Å². The van der Waals surface area contributed by atoms with Crippen molar-refractivity contribution in [1.29, 1.82) is 0 Å². The second kappa shape index (κ2) is 7.28. The van der Waals surface area contributed by atoms with E-state index in [4.69, 9.17) is 20.2 Å². The second-order valence-corrected chi connectivity index (χ2v) is 4.97. The van der Waals surface area contributed by atoms with Crippen LogP contribution in [0.15, 0.2) is 0 Å². The maximum Gasteiger partial charge on any atom is 0.367 e. The van der Waals surface area contributed by atoms with Gasteiger partial charge in [-0.3, -0.25) is 4.79 Å². The predicted molar refractivity (Wildman–Crippen MR) is 66.3 cm³/mol. The van der Waals surface area contributed by atoms with Gasteiger partial charge in [0.2, 0.25) is 5.91 Å². The van der Waals surface area contributed by atoms with Crippen LogP contribution in [0, 0.1) is 0 Å². The van der Waals surface area contributed by atoms with Crippen molar-refractivity contribution in [1.82, 2.24) is 5.32 Å². The lowest BCUT2D eigenvalue weighted by atomic mass is 9.88. The van der Waals surface area contributed by atoms with E-state index in [1.165, 1.54) is 0 Å². The van der Waals surface area contributed by atoms with Crippen molar-refractivity contribution >= 4 is 11.9 Å². The second-order valence-electron chi connectivity index (χ2n) is 4.97. The number of carboxylic acid groups (broad SMARTS) is 1. The highest BCUT2D eigenvalue weighted by atomic mass is 17.1. The lowest BCUT2D eigenvalue weighted by Crippen LogP contribution is -2.67. The van der Waals surface area contributed by atoms with Gasteiger partial charge in [-0.15, -0.1) is 0 Å². The molecular weight excluding hydrogens is 306 g/mol. The molecule has 3 unspecified atom stereocenters. The summed E-state index contributed by atoms with van der Waals surface area (Å²) in [4.78, 5) is 26.2. The van der Waals surface area contributed by atoms with E-state index in [0.29, 0.717) is 0 Å². The largest absolute Gasteiger partial charge is 0.477 e. The first-order valence-corrected chi connectivity index (χ1v) is 6.34. The molecule has 1 fully saturated rings. The number of carboxylic acids is 1. The molecule has 6 atom stereocenters. The molecule has 7 N–H and O–H groups in total. The van der Waals surface area contributed by atoms with Gasteiger partial charge in [-0.25, -0.2) is 10.1 Å². The van der Waals surface area contributed by atoms with Crippen LogP contribution < -0.4 is 5.32 Å². The van der Waals surface area contributed by atoms with Crippen molar-refractivity contribution in [2.45, 2.75) is 49.6 Å². The van der Waals surface area contributed by atoms with Crippen molar-refractivity contribution in [3.63, 3.8) is 0 Å². The number of carbonyl (C=O) groups excluding carboxylic acids is 1. The highest BCUT2D eigenvalue weighted by molar-refractivity contribution is 5.76. The molecule has 0 radical (unpaired) electrons. The summed E-state index contributed by atoms with van der Waals surface area (Å²) in [7, 11) is 0. The van der Waals surface area contributed by atoms with Gasteiger partial charge in [0.05, 0.1) is 18.8 Å². The first kappa shape index (κ1) is 18.7. The van der Waals surface area contributed by atoms with Gasteiger partial charge in [0.25, 0.3) is 0 Å².